The molecule has 5 N–H and O–H groups in total. The normalized spacial score (nSPS) is 11.6. The standard InChI is InChI=1S/C22H22ClFN6O3.C22H21FN6O2S/c1-14(10-27-22(32)33-12-15-6-3-2-4-7-15)21(31)30-18-19(23)28-13-29-20(18)26-11-17-16(24)8-5-9-25-17;1-14(10-26-22(30)31-12-15-6-3-2-4-7-15)20-29-18-19(27-13-28-21(18)32-20)25-11-17-16(23)8-5-9-24-17/h2-9,13-14H,10-12H2,1H3,(H,27,32)(H,30,31)(H,26,28,29);2-9,13-14H,10-12H2,1H3,(H,26,30)(H,25,27,28). The maximum atomic E-state index is 13.8. The van der Waals surface area contributed by atoms with Crippen LogP contribution < -0.4 is 26.6 Å². The quantitative estimate of drug-likeness (QED) is 0.0546. The summed E-state index contributed by atoms with van der Waals surface area (Å²) in [5.41, 5.74) is 2.98. The van der Waals surface area contributed by atoms with Gasteiger partial charge in [0.25, 0.3) is 0 Å². The number of halogens is 3. The van der Waals surface area contributed by atoms with E-state index in [2.05, 4.69) is 61.5 Å². The van der Waals surface area contributed by atoms with Gasteiger partial charge < -0.3 is 36.1 Å². The first-order valence-corrected chi connectivity index (χ1v) is 21.2. The Morgan fingerprint density at radius 3 is 1.80 bits per heavy atom. The zero-order valence-electron chi connectivity index (χ0n) is 35.0. The second-order valence-corrected chi connectivity index (χ2v) is 15.4. The maximum Gasteiger partial charge on any atom is 0.407 e. The molecule has 5 heterocycles. The maximum absolute atomic E-state index is 13.8. The van der Waals surface area contributed by atoms with Gasteiger partial charge >= 0.3 is 12.2 Å². The summed E-state index contributed by atoms with van der Waals surface area (Å²) in [6.07, 6.45) is 4.53. The van der Waals surface area contributed by atoms with Gasteiger partial charge in [0, 0.05) is 31.4 Å². The molecular formula is C44H43ClF2N12O5S. The van der Waals surface area contributed by atoms with Gasteiger partial charge in [-0.05, 0) is 35.4 Å². The van der Waals surface area contributed by atoms with E-state index in [0.29, 0.717) is 28.4 Å². The molecule has 0 saturated carbocycles. The van der Waals surface area contributed by atoms with Gasteiger partial charge in [-0.1, -0.05) is 97.4 Å². The molecule has 65 heavy (non-hydrogen) atoms. The van der Waals surface area contributed by atoms with Crippen LogP contribution in [0.1, 0.15) is 47.3 Å². The van der Waals surface area contributed by atoms with E-state index in [1.807, 2.05) is 67.6 Å². The zero-order chi connectivity index (χ0) is 46.0. The van der Waals surface area contributed by atoms with E-state index in [0.717, 1.165) is 16.1 Å². The highest BCUT2D eigenvalue weighted by molar-refractivity contribution is 7.18. The molecule has 21 heteroatoms. The Bertz CT molecular complexity index is 2670. The van der Waals surface area contributed by atoms with Crippen LogP contribution in [0.5, 0.6) is 0 Å². The lowest BCUT2D eigenvalue weighted by atomic mass is 10.1. The van der Waals surface area contributed by atoms with Crippen molar-refractivity contribution in [1.82, 2.24) is 45.5 Å². The van der Waals surface area contributed by atoms with Gasteiger partial charge in [0.1, 0.15) is 58.5 Å². The summed E-state index contributed by atoms with van der Waals surface area (Å²) in [6, 6.07) is 24.4. The van der Waals surface area contributed by atoms with Crippen LogP contribution in [0, 0.1) is 17.6 Å². The molecule has 7 rings (SSSR count). The number of pyridine rings is 2. The van der Waals surface area contributed by atoms with Gasteiger partial charge in [-0.2, -0.15) is 0 Å². The van der Waals surface area contributed by atoms with Crippen molar-refractivity contribution >= 4 is 68.7 Å². The first-order chi connectivity index (χ1) is 31.5. The molecule has 336 valence electrons. The number of amides is 3. The van der Waals surface area contributed by atoms with E-state index in [4.69, 9.17) is 21.1 Å². The fourth-order valence-electron chi connectivity index (χ4n) is 5.60. The van der Waals surface area contributed by atoms with Crippen molar-refractivity contribution < 1.29 is 32.6 Å². The van der Waals surface area contributed by atoms with Gasteiger partial charge in [-0.15, -0.1) is 0 Å². The van der Waals surface area contributed by atoms with Gasteiger partial charge in [0.15, 0.2) is 16.8 Å². The molecule has 0 saturated heterocycles. The number of rotatable bonds is 17. The van der Waals surface area contributed by atoms with E-state index in [-0.39, 0.29) is 66.9 Å². The number of anilines is 3. The Hall–Kier alpha value is -7.45. The minimum atomic E-state index is -0.640. The lowest BCUT2D eigenvalue weighted by Crippen LogP contribution is -2.34. The number of fused-ring (bicyclic) bond motifs is 1. The third kappa shape index (κ3) is 14.3. The highest BCUT2D eigenvalue weighted by Crippen LogP contribution is 2.30. The molecule has 5 aromatic heterocycles. The van der Waals surface area contributed by atoms with Crippen LogP contribution in [-0.2, 0) is 40.6 Å². The lowest BCUT2D eigenvalue weighted by molar-refractivity contribution is -0.119. The van der Waals surface area contributed by atoms with Crippen molar-refractivity contribution in [3.63, 3.8) is 0 Å². The molecule has 3 amide bonds. The van der Waals surface area contributed by atoms with E-state index in [9.17, 15) is 23.2 Å². The van der Waals surface area contributed by atoms with Crippen LogP contribution >= 0.6 is 22.9 Å². The molecule has 7 aromatic rings. The molecule has 2 unspecified atom stereocenters. The number of ether oxygens (including phenoxy) is 2. The average molecular weight is 925 g/mol. The highest BCUT2D eigenvalue weighted by atomic mass is 35.5. The van der Waals surface area contributed by atoms with Crippen LogP contribution in [0.15, 0.2) is 110 Å². The molecule has 0 aliphatic heterocycles. The molecule has 0 aliphatic rings. The number of thiazole rings is 1. The number of hydrogen-bond acceptors (Lipinski definition) is 15. The molecule has 0 radical (unpaired) electrons. The summed E-state index contributed by atoms with van der Waals surface area (Å²) in [5, 5.41) is 14.7. The number of nitrogens with one attached hydrogen (secondary N) is 5. The van der Waals surface area contributed by atoms with Gasteiger partial charge in [-0.25, -0.2) is 43.3 Å². The van der Waals surface area contributed by atoms with Crippen LogP contribution in [0.25, 0.3) is 10.3 Å². The minimum Gasteiger partial charge on any atom is -0.445 e. The molecule has 0 fully saturated rings. The Balaban J connectivity index is 0.000000215. The van der Waals surface area contributed by atoms with Gasteiger partial charge in [-0.3, -0.25) is 14.8 Å². The van der Waals surface area contributed by atoms with Crippen molar-refractivity contribution in [2.45, 2.75) is 46.1 Å². The molecule has 0 spiro atoms. The molecule has 2 aromatic carbocycles. The van der Waals surface area contributed by atoms with E-state index >= 15 is 0 Å². The lowest BCUT2D eigenvalue weighted by Gasteiger charge is -2.16. The second-order valence-electron chi connectivity index (χ2n) is 14.1. The Labute approximate surface area is 380 Å². The molecule has 2 atom stereocenters. The van der Waals surface area contributed by atoms with Crippen molar-refractivity contribution in [3.8, 4) is 0 Å². The first-order valence-electron chi connectivity index (χ1n) is 20.0. The third-order valence-corrected chi connectivity index (χ3v) is 10.7. The topological polar surface area (TPSA) is 220 Å². The summed E-state index contributed by atoms with van der Waals surface area (Å²) >= 11 is 7.56. The van der Waals surface area contributed by atoms with Crippen molar-refractivity contribution in [1.29, 1.82) is 0 Å². The average Bonchev–Trinajstić information content (AvgIpc) is 3.78. The smallest absolute Gasteiger partial charge is 0.407 e. The molecule has 17 nitrogen and oxygen atoms in total. The number of alkyl carbamates (subject to hydrolysis) is 2. The number of carbonyl (C=O) groups is 3. The Kier molecular flexibility index (Phi) is 17.3. The third-order valence-electron chi connectivity index (χ3n) is 9.18. The largest absolute Gasteiger partial charge is 0.445 e. The fourth-order valence-corrected chi connectivity index (χ4v) is 6.74. The van der Waals surface area contributed by atoms with Crippen LogP contribution in [0.4, 0.5) is 35.7 Å². The summed E-state index contributed by atoms with van der Waals surface area (Å²) in [7, 11) is 0. The predicted molar refractivity (Wildman–Crippen MR) is 241 cm³/mol. The highest BCUT2D eigenvalue weighted by Gasteiger charge is 2.20. The van der Waals surface area contributed by atoms with Crippen LogP contribution in [0.3, 0.4) is 0 Å². The summed E-state index contributed by atoms with van der Waals surface area (Å²) in [5.74, 6) is -1.26. The number of carbonyl (C=O) groups excluding carboxylic acids is 3. The Morgan fingerprint density at radius 1 is 0.677 bits per heavy atom. The molecular weight excluding hydrogens is 882 g/mol. The minimum absolute atomic E-state index is 0.00442. The zero-order valence-corrected chi connectivity index (χ0v) is 36.6. The van der Waals surface area contributed by atoms with E-state index < -0.39 is 29.8 Å². The van der Waals surface area contributed by atoms with Gasteiger partial charge in [0.05, 0.1) is 30.4 Å². The van der Waals surface area contributed by atoms with Gasteiger partial charge in [0.2, 0.25) is 5.91 Å². The predicted octanol–water partition coefficient (Wildman–Crippen LogP) is 8.04. The van der Waals surface area contributed by atoms with Crippen LogP contribution in [-0.4, -0.2) is 66.1 Å². The molecule has 0 bridgehead atoms. The van der Waals surface area contributed by atoms with E-state index in [1.165, 1.54) is 54.6 Å². The van der Waals surface area contributed by atoms with Crippen LogP contribution in [0.2, 0.25) is 5.15 Å². The summed E-state index contributed by atoms with van der Waals surface area (Å²) < 4.78 is 38.0. The molecule has 0 aliphatic carbocycles. The van der Waals surface area contributed by atoms with Crippen molar-refractivity contribution in [3.05, 3.63) is 154 Å². The fraction of sp³-hybridized carbons (Fsp3) is 0.227. The SMILES string of the molecule is CC(CNC(=O)OCc1ccccc1)C(=O)Nc1c(Cl)ncnc1NCc1ncccc1F.CC(CNC(=O)OCc1ccccc1)c1nc2c(NCc3ncccc3F)ncnc2s1. The number of benzene rings is 2. The monoisotopic (exact) mass is 924 g/mol. The van der Waals surface area contributed by atoms with Crippen molar-refractivity contribution in [2.24, 2.45) is 5.92 Å². The van der Waals surface area contributed by atoms with Crippen molar-refractivity contribution in [2.75, 3.05) is 29.0 Å². The number of aromatic nitrogens is 7. The number of nitrogens with zero attached hydrogens (tertiary/aromatic N) is 7. The summed E-state index contributed by atoms with van der Waals surface area (Å²) in [6.45, 7) is 4.51. The Morgan fingerprint density at radius 2 is 1.22 bits per heavy atom. The number of hydrogen-bond donors (Lipinski definition) is 5. The van der Waals surface area contributed by atoms with E-state index in [1.54, 1.807) is 13.0 Å². The summed E-state index contributed by atoms with van der Waals surface area (Å²) in [4.78, 5) is 66.3. The first kappa shape index (κ1) is 47.0. The second kappa shape index (κ2) is 23.8.